The lowest BCUT2D eigenvalue weighted by atomic mass is 10.0. The Morgan fingerprint density at radius 1 is 1.50 bits per heavy atom. The van der Waals surface area contributed by atoms with Crippen molar-refractivity contribution in [3.63, 3.8) is 0 Å². The number of hydrogen-bond donors (Lipinski definition) is 2. The quantitative estimate of drug-likeness (QED) is 0.252. The number of ether oxygens (including phenoxy) is 1. The van der Waals surface area contributed by atoms with Gasteiger partial charge in [-0.3, -0.25) is 4.79 Å². The monoisotopic (exact) mass is 199 g/mol. The summed E-state index contributed by atoms with van der Waals surface area (Å²) in [6.07, 6.45) is -2.76. The summed E-state index contributed by atoms with van der Waals surface area (Å²) >= 11 is 0. The molecule has 1 aliphatic carbocycles. The van der Waals surface area contributed by atoms with Crippen LogP contribution in [0.5, 0.6) is 0 Å². The Bertz CT molecular complexity index is 294. The molecule has 0 amide bonds. The molecule has 2 rings (SSSR count). The molecular weight excluding hydrogens is 190 g/mol. The molecule has 1 heterocycles. The number of carbonyl (C=O) groups excluding carboxylic acids is 1. The summed E-state index contributed by atoms with van der Waals surface area (Å²) in [5.41, 5.74) is 8.21. The van der Waals surface area contributed by atoms with Crippen molar-refractivity contribution in [1.82, 2.24) is 0 Å². The maximum absolute atomic E-state index is 10.9. The van der Waals surface area contributed by atoms with Crippen LogP contribution in [0.25, 0.3) is 10.4 Å². The fourth-order valence-electron chi connectivity index (χ4n) is 2.08. The molecule has 0 aromatic carbocycles. The Balaban J connectivity index is 2.23. The predicted octanol–water partition coefficient (Wildman–Crippen LogP) is -0.668. The van der Waals surface area contributed by atoms with Crippen LogP contribution >= 0.6 is 0 Å². The highest BCUT2D eigenvalue weighted by Gasteiger charge is 2.55. The second-order valence-electron chi connectivity index (χ2n) is 3.50. The molecule has 7 heteroatoms. The Hall–Kier alpha value is -1.30. The lowest BCUT2D eigenvalue weighted by Crippen LogP contribution is -2.32. The SMILES string of the molecule is [N-]=[N+]=N[C@H]1[C@H](O)[C@H]2CC(=O)O[C@H]2[C@@H]1O. The number of azide groups is 1. The van der Waals surface area contributed by atoms with Crippen LogP contribution in [0.2, 0.25) is 0 Å². The minimum Gasteiger partial charge on any atom is -0.459 e. The van der Waals surface area contributed by atoms with E-state index >= 15 is 0 Å². The fraction of sp³-hybridized carbons (Fsp3) is 0.857. The van der Waals surface area contributed by atoms with E-state index in [9.17, 15) is 15.0 Å². The first-order valence-electron chi connectivity index (χ1n) is 4.25. The number of carbonyl (C=O) groups is 1. The molecule has 7 nitrogen and oxygen atoms in total. The Morgan fingerprint density at radius 2 is 2.21 bits per heavy atom. The molecule has 2 fully saturated rings. The van der Waals surface area contributed by atoms with Crippen molar-refractivity contribution in [2.24, 2.45) is 11.0 Å². The summed E-state index contributed by atoms with van der Waals surface area (Å²) in [5, 5.41) is 22.5. The molecule has 5 atom stereocenters. The number of aliphatic hydroxyl groups excluding tert-OH is 2. The minimum atomic E-state index is -1.10. The van der Waals surface area contributed by atoms with E-state index in [2.05, 4.69) is 10.0 Å². The number of hydrogen-bond acceptors (Lipinski definition) is 5. The topological polar surface area (TPSA) is 116 Å². The van der Waals surface area contributed by atoms with Gasteiger partial charge in [-0.25, -0.2) is 0 Å². The van der Waals surface area contributed by atoms with Crippen molar-refractivity contribution in [1.29, 1.82) is 0 Å². The molecule has 1 saturated carbocycles. The van der Waals surface area contributed by atoms with Crippen LogP contribution in [0.3, 0.4) is 0 Å². The van der Waals surface area contributed by atoms with Crippen LogP contribution in [-0.2, 0) is 9.53 Å². The molecule has 0 spiro atoms. The van der Waals surface area contributed by atoms with Crippen LogP contribution in [0.15, 0.2) is 5.11 Å². The highest BCUT2D eigenvalue weighted by atomic mass is 16.6. The van der Waals surface area contributed by atoms with Gasteiger partial charge in [-0.1, -0.05) is 5.11 Å². The van der Waals surface area contributed by atoms with Crippen LogP contribution in [0.4, 0.5) is 0 Å². The van der Waals surface area contributed by atoms with Gasteiger partial charge in [-0.2, -0.15) is 0 Å². The van der Waals surface area contributed by atoms with E-state index in [0.717, 1.165) is 0 Å². The van der Waals surface area contributed by atoms with Crippen LogP contribution in [-0.4, -0.2) is 40.5 Å². The molecule has 14 heavy (non-hydrogen) atoms. The third-order valence-corrected chi connectivity index (χ3v) is 2.75. The second-order valence-corrected chi connectivity index (χ2v) is 3.50. The van der Waals surface area contributed by atoms with Crippen molar-refractivity contribution in [2.45, 2.75) is 30.8 Å². The zero-order valence-corrected chi connectivity index (χ0v) is 7.15. The number of rotatable bonds is 1. The van der Waals surface area contributed by atoms with Crippen molar-refractivity contribution < 1.29 is 19.7 Å². The fourth-order valence-corrected chi connectivity index (χ4v) is 2.08. The molecular formula is C7H9N3O4. The summed E-state index contributed by atoms with van der Waals surface area (Å²) in [6, 6.07) is -0.914. The third kappa shape index (κ3) is 1.14. The van der Waals surface area contributed by atoms with Crippen molar-refractivity contribution in [3.05, 3.63) is 10.4 Å². The van der Waals surface area contributed by atoms with Gasteiger partial charge in [-0.05, 0) is 5.53 Å². The average Bonchev–Trinajstić information content (AvgIpc) is 2.61. The van der Waals surface area contributed by atoms with Crippen molar-refractivity contribution >= 4 is 5.97 Å². The van der Waals surface area contributed by atoms with E-state index in [1.165, 1.54) is 0 Å². The van der Waals surface area contributed by atoms with Gasteiger partial charge < -0.3 is 14.9 Å². The lowest BCUT2D eigenvalue weighted by Gasteiger charge is -2.14. The van der Waals surface area contributed by atoms with Gasteiger partial charge in [0.2, 0.25) is 0 Å². The van der Waals surface area contributed by atoms with Gasteiger partial charge in [0.15, 0.2) is 0 Å². The van der Waals surface area contributed by atoms with Gasteiger partial charge in [0.1, 0.15) is 12.2 Å². The standard InChI is InChI=1S/C7H9N3O4/c8-10-9-4-5(12)2-1-3(11)14-7(2)6(4)13/h2,4-7,12-13H,1H2/t2-,4+,5-,6-,7-/m1/s1. The first-order valence-corrected chi connectivity index (χ1v) is 4.25. The largest absolute Gasteiger partial charge is 0.459 e. The number of aliphatic hydroxyl groups is 2. The highest BCUT2D eigenvalue weighted by molar-refractivity contribution is 5.72. The van der Waals surface area contributed by atoms with E-state index in [4.69, 9.17) is 10.3 Å². The third-order valence-electron chi connectivity index (χ3n) is 2.75. The number of esters is 1. The molecule has 0 unspecified atom stereocenters. The molecule has 0 radical (unpaired) electrons. The molecule has 0 bridgehead atoms. The lowest BCUT2D eigenvalue weighted by molar-refractivity contribution is -0.145. The van der Waals surface area contributed by atoms with E-state index in [1.807, 2.05) is 0 Å². The van der Waals surface area contributed by atoms with Crippen LogP contribution < -0.4 is 0 Å². The van der Waals surface area contributed by atoms with Gasteiger partial charge >= 0.3 is 5.97 Å². The zero-order chi connectivity index (χ0) is 10.3. The summed E-state index contributed by atoms with van der Waals surface area (Å²) < 4.78 is 4.81. The predicted molar refractivity (Wildman–Crippen MR) is 42.9 cm³/mol. The van der Waals surface area contributed by atoms with Crippen molar-refractivity contribution in [2.75, 3.05) is 0 Å². The average molecular weight is 199 g/mol. The minimum absolute atomic E-state index is 0.0698. The molecule has 2 N–H and O–H groups in total. The Kier molecular flexibility index (Phi) is 2.07. The maximum atomic E-state index is 10.9. The van der Waals surface area contributed by atoms with E-state index in [0.29, 0.717) is 0 Å². The van der Waals surface area contributed by atoms with E-state index in [1.54, 1.807) is 0 Å². The van der Waals surface area contributed by atoms with Gasteiger partial charge in [0, 0.05) is 10.8 Å². The normalized spacial score (nSPS) is 45.6. The van der Waals surface area contributed by atoms with E-state index in [-0.39, 0.29) is 6.42 Å². The molecule has 0 aromatic heterocycles. The summed E-state index contributed by atoms with van der Waals surface area (Å²) in [5.74, 6) is -0.884. The highest BCUT2D eigenvalue weighted by Crippen LogP contribution is 2.38. The molecule has 2 aliphatic rings. The maximum Gasteiger partial charge on any atom is 0.306 e. The van der Waals surface area contributed by atoms with Crippen LogP contribution in [0.1, 0.15) is 6.42 Å². The Morgan fingerprint density at radius 3 is 2.79 bits per heavy atom. The van der Waals surface area contributed by atoms with Gasteiger partial charge in [0.05, 0.1) is 18.6 Å². The molecule has 1 saturated heterocycles. The second kappa shape index (κ2) is 3.13. The smallest absolute Gasteiger partial charge is 0.306 e. The molecule has 76 valence electrons. The molecule has 0 aromatic rings. The van der Waals surface area contributed by atoms with Gasteiger partial charge in [-0.15, -0.1) is 0 Å². The Labute approximate surface area is 78.9 Å². The number of fused-ring (bicyclic) bond motifs is 1. The van der Waals surface area contributed by atoms with Crippen LogP contribution in [0, 0.1) is 5.92 Å². The first-order chi connectivity index (χ1) is 6.65. The summed E-state index contributed by atoms with van der Waals surface area (Å²) in [6.45, 7) is 0. The van der Waals surface area contributed by atoms with Crippen molar-refractivity contribution in [3.8, 4) is 0 Å². The number of nitrogens with zero attached hydrogens (tertiary/aromatic N) is 3. The summed E-state index contributed by atoms with van der Waals surface area (Å²) in [7, 11) is 0. The van der Waals surface area contributed by atoms with Gasteiger partial charge in [0.25, 0.3) is 0 Å². The zero-order valence-electron chi connectivity index (χ0n) is 7.15. The molecule has 1 aliphatic heterocycles. The van der Waals surface area contributed by atoms with E-state index < -0.39 is 36.2 Å². The first kappa shape index (κ1) is 9.26. The summed E-state index contributed by atoms with van der Waals surface area (Å²) in [4.78, 5) is 13.4.